The minimum absolute atomic E-state index is 0.263. The third-order valence-corrected chi connectivity index (χ3v) is 5.57. The third-order valence-electron chi connectivity index (χ3n) is 5.57. The van der Waals surface area contributed by atoms with Gasteiger partial charge in [0.25, 0.3) is 0 Å². The Kier molecular flexibility index (Phi) is 5.11. The van der Waals surface area contributed by atoms with Crippen molar-refractivity contribution in [2.45, 2.75) is 50.3 Å². The molecule has 1 aromatic heterocycles. The highest BCUT2D eigenvalue weighted by molar-refractivity contribution is 5.80. The summed E-state index contributed by atoms with van der Waals surface area (Å²) < 4.78 is 7.13. The molecule has 1 unspecified atom stereocenters. The van der Waals surface area contributed by atoms with Gasteiger partial charge < -0.3 is 15.4 Å². The van der Waals surface area contributed by atoms with Crippen LogP contribution in [0.2, 0.25) is 0 Å². The van der Waals surface area contributed by atoms with Crippen LogP contribution < -0.4 is 10.6 Å². The fraction of sp³-hybridized carbons (Fsp3) is 0.550. The average molecular weight is 368 g/mol. The SMILES string of the molecule is CN=C(NCC1(c2ccccc2)CC1)NC1CCc2nc(COC)nn2C1. The molecule has 0 bridgehead atoms. The van der Waals surface area contributed by atoms with E-state index < -0.39 is 0 Å². The Bertz CT molecular complexity index is 796. The van der Waals surface area contributed by atoms with E-state index in [1.807, 2.05) is 11.7 Å². The lowest BCUT2D eigenvalue weighted by molar-refractivity contribution is 0.177. The summed E-state index contributed by atoms with van der Waals surface area (Å²) in [5, 5.41) is 11.6. The van der Waals surface area contributed by atoms with E-state index in [2.05, 4.69) is 56.0 Å². The van der Waals surface area contributed by atoms with Crippen LogP contribution in [0.3, 0.4) is 0 Å². The van der Waals surface area contributed by atoms with Crippen LogP contribution in [0.5, 0.6) is 0 Å². The van der Waals surface area contributed by atoms with Gasteiger partial charge in [0.1, 0.15) is 12.4 Å². The molecule has 1 aromatic carbocycles. The molecule has 1 fully saturated rings. The second kappa shape index (κ2) is 7.68. The molecule has 1 atom stereocenters. The second-order valence-corrected chi connectivity index (χ2v) is 7.51. The molecule has 0 amide bonds. The van der Waals surface area contributed by atoms with Crippen molar-refractivity contribution in [2.24, 2.45) is 4.99 Å². The number of nitrogens with zero attached hydrogens (tertiary/aromatic N) is 4. The Labute approximate surface area is 160 Å². The molecule has 2 aromatic rings. The van der Waals surface area contributed by atoms with Crippen LogP contribution in [-0.2, 0) is 29.7 Å². The van der Waals surface area contributed by atoms with Crippen LogP contribution in [-0.4, -0.2) is 47.5 Å². The van der Waals surface area contributed by atoms with Gasteiger partial charge in [-0.05, 0) is 24.8 Å². The van der Waals surface area contributed by atoms with E-state index in [1.54, 1.807) is 7.11 Å². The molecule has 0 spiro atoms. The summed E-state index contributed by atoms with van der Waals surface area (Å²) in [4.78, 5) is 8.96. The zero-order valence-electron chi connectivity index (χ0n) is 16.1. The summed E-state index contributed by atoms with van der Waals surface area (Å²) >= 11 is 0. The van der Waals surface area contributed by atoms with Crippen LogP contribution in [0.1, 0.15) is 36.5 Å². The van der Waals surface area contributed by atoms with Gasteiger partial charge in [-0.15, -0.1) is 0 Å². The predicted molar refractivity (Wildman–Crippen MR) is 105 cm³/mol. The van der Waals surface area contributed by atoms with Crippen LogP contribution in [0.15, 0.2) is 35.3 Å². The summed E-state index contributed by atoms with van der Waals surface area (Å²) in [5.41, 5.74) is 1.68. The zero-order chi connectivity index (χ0) is 18.7. The first-order valence-electron chi connectivity index (χ1n) is 9.67. The summed E-state index contributed by atoms with van der Waals surface area (Å²) in [6.45, 7) is 2.18. The van der Waals surface area contributed by atoms with Crippen molar-refractivity contribution in [3.05, 3.63) is 47.5 Å². The minimum Gasteiger partial charge on any atom is -0.377 e. The molecule has 1 aliphatic carbocycles. The lowest BCUT2D eigenvalue weighted by atomic mass is 9.96. The Hall–Kier alpha value is -2.41. The third kappa shape index (κ3) is 3.98. The first-order chi connectivity index (χ1) is 13.2. The van der Waals surface area contributed by atoms with Gasteiger partial charge in [-0.2, -0.15) is 5.10 Å². The standard InChI is InChI=1S/C20H28N6O/c1-21-19(22-14-20(10-11-20)15-6-4-3-5-7-15)23-16-8-9-18-24-17(13-27-2)25-26(18)12-16/h3-7,16H,8-14H2,1-2H3,(H2,21,22,23). The number of aromatic nitrogens is 3. The van der Waals surface area contributed by atoms with Gasteiger partial charge >= 0.3 is 0 Å². The van der Waals surface area contributed by atoms with Gasteiger partial charge in [0.15, 0.2) is 11.8 Å². The molecule has 2 heterocycles. The predicted octanol–water partition coefficient (Wildman–Crippen LogP) is 1.64. The van der Waals surface area contributed by atoms with E-state index in [-0.39, 0.29) is 5.41 Å². The highest BCUT2D eigenvalue weighted by atomic mass is 16.5. The molecule has 7 nitrogen and oxygen atoms in total. The van der Waals surface area contributed by atoms with Crippen LogP contribution in [0.4, 0.5) is 0 Å². The van der Waals surface area contributed by atoms with Crippen molar-refractivity contribution in [2.75, 3.05) is 20.7 Å². The number of rotatable bonds is 6. The van der Waals surface area contributed by atoms with Gasteiger partial charge in [-0.3, -0.25) is 4.99 Å². The van der Waals surface area contributed by atoms with E-state index >= 15 is 0 Å². The summed E-state index contributed by atoms with van der Waals surface area (Å²) in [7, 11) is 3.50. The molecule has 144 valence electrons. The second-order valence-electron chi connectivity index (χ2n) is 7.51. The largest absolute Gasteiger partial charge is 0.377 e. The smallest absolute Gasteiger partial charge is 0.191 e. The number of aliphatic imine (C=N–C) groups is 1. The maximum atomic E-state index is 5.14. The first-order valence-corrected chi connectivity index (χ1v) is 9.67. The molecule has 1 aliphatic heterocycles. The molecule has 2 aliphatic rings. The molecule has 7 heteroatoms. The van der Waals surface area contributed by atoms with Crippen LogP contribution in [0, 0.1) is 0 Å². The van der Waals surface area contributed by atoms with Gasteiger partial charge in [0, 0.05) is 38.6 Å². The molecule has 1 saturated carbocycles. The summed E-state index contributed by atoms with van der Waals surface area (Å²) in [6, 6.07) is 11.1. The van der Waals surface area contributed by atoms with Crippen LogP contribution >= 0.6 is 0 Å². The fourth-order valence-corrected chi connectivity index (χ4v) is 3.82. The van der Waals surface area contributed by atoms with Crippen molar-refractivity contribution in [1.82, 2.24) is 25.4 Å². The lowest BCUT2D eigenvalue weighted by Gasteiger charge is -2.26. The van der Waals surface area contributed by atoms with Gasteiger partial charge in [-0.1, -0.05) is 30.3 Å². The van der Waals surface area contributed by atoms with E-state index in [0.29, 0.717) is 12.6 Å². The molecule has 4 rings (SSSR count). The number of guanidine groups is 1. The monoisotopic (exact) mass is 368 g/mol. The Morgan fingerprint density at radius 3 is 2.85 bits per heavy atom. The Morgan fingerprint density at radius 2 is 2.15 bits per heavy atom. The number of aryl methyl sites for hydroxylation is 1. The Morgan fingerprint density at radius 1 is 1.33 bits per heavy atom. The van der Waals surface area contributed by atoms with E-state index in [0.717, 1.165) is 43.5 Å². The quantitative estimate of drug-likeness (QED) is 0.599. The van der Waals surface area contributed by atoms with Gasteiger partial charge in [0.2, 0.25) is 0 Å². The minimum atomic E-state index is 0.263. The van der Waals surface area contributed by atoms with Crippen molar-refractivity contribution in [1.29, 1.82) is 0 Å². The summed E-state index contributed by atoms with van der Waals surface area (Å²) in [5.74, 6) is 2.67. The Balaban J connectivity index is 1.33. The highest BCUT2D eigenvalue weighted by Crippen LogP contribution is 2.47. The number of hydrogen-bond donors (Lipinski definition) is 2. The van der Waals surface area contributed by atoms with E-state index in [9.17, 15) is 0 Å². The number of benzene rings is 1. The summed E-state index contributed by atoms with van der Waals surface area (Å²) in [6.07, 6.45) is 4.40. The van der Waals surface area contributed by atoms with E-state index in [4.69, 9.17) is 4.74 Å². The fourth-order valence-electron chi connectivity index (χ4n) is 3.82. The highest BCUT2D eigenvalue weighted by Gasteiger charge is 2.44. The van der Waals surface area contributed by atoms with Crippen molar-refractivity contribution < 1.29 is 4.74 Å². The molecule has 0 saturated heterocycles. The maximum Gasteiger partial charge on any atom is 0.191 e. The molecule has 27 heavy (non-hydrogen) atoms. The number of nitrogens with one attached hydrogen (secondary N) is 2. The molecular formula is C20H28N6O. The maximum absolute atomic E-state index is 5.14. The zero-order valence-corrected chi connectivity index (χ0v) is 16.1. The number of ether oxygens (including phenoxy) is 1. The van der Waals surface area contributed by atoms with Gasteiger partial charge in [-0.25, -0.2) is 9.67 Å². The molecule has 2 N–H and O–H groups in total. The van der Waals surface area contributed by atoms with Gasteiger partial charge in [0.05, 0.1) is 6.54 Å². The topological polar surface area (TPSA) is 76.4 Å². The molecular weight excluding hydrogens is 340 g/mol. The van der Waals surface area contributed by atoms with Crippen LogP contribution in [0.25, 0.3) is 0 Å². The number of fused-ring (bicyclic) bond motifs is 1. The lowest BCUT2D eigenvalue weighted by Crippen LogP contribution is -2.48. The van der Waals surface area contributed by atoms with Crippen molar-refractivity contribution >= 4 is 5.96 Å². The number of methoxy groups -OCH3 is 1. The van der Waals surface area contributed by atoms with Crippen molar-refractivity contribution in [3.8, 4) is 0 Å². The number of hydrogen-bond acceptors (Lipinski definition) is 4. The van der Waals surface area contributed by atoms with E-state index in [1.165, 1.54) is 18.4 Å². The van der Waals surface area contributed by atoms with Crippen molar-refractivity contribution in [3.63, 3.8) is 0 Å². The first kappa shape index (κ1) is 18.0. The normalized spacial score (nSPS) is 20.8. The average Bonchev–Trinajstić information content (AvgIpc) is 3.39. The molecule has 0 radical (unpaired) electrons.